The van der Waals surface area contributed by atoms with Gasteiger partial charge in [0.2, 0.25) is 5.91 Å². The van der Waals surface area contributed by atoms with E-state index in [1.807, 2.05) is 4.90 Å². The van der Waals surface area contributed by atoms with Crippen LogP contribution in [0.1, 0.15) is 6.42 Å². The summed E-state index contributed by atoms with van der Waals surface area (Å²) in [6, 6.07) is 0. The molecule has 1 amide bonds. The van der Waals surface area contributed by atoms with E-state index < -0.39 is 5.69 Å². The Morgan fingerprint density at radius 2 is 1.88 bits per heavy atom. The first kappa shape index (κ1) is 16.4. The third kappa shape index (κ3) is 2.75. The van der Waals surface area contributed by atoms with Crippen molar-refractivity contribution in [2.75, 3.05) is 33.2 Å². The van der Waals surface area contributed by atoms with Crippen molar-refractivity contribution in [3.63, 3.8) is 0 Å². The fourth-order valence-corrected chi connectivity index (χ4v) is 3.08. The number of nitrogens with one attached hydrogen (secondary N) is 1. The van der Waals surface area contributed by atoms with E-state index >= 15 is 0 Å². The average Bonchev–Trinajstić information content (AvgIpc) is 3.00. The van der Waals surface area contributed by atoms with E-state index in [0.29, 0.717) is 24.1 Å². The second kappa shape index (κ2) is 6.23. The zero-order valence-electron chi connectivity index (χ0n) is 14.3. The van der Waals surface area contributed by atoms with Crippen molar-refractivity contribution in [2.24, 2.45) is 14.1 Å². The van der Waals surface area contributed by atoms with Crippen LogP contribution in [0.4, 0.5) is 0 Å². The van der Waals surface area contributed by atoms with Crippen LogP contribution in [0.15, 0.2) is 15.9 Å². The number of piperazine rings is 1. The van der Waals surface area contributed by atoms with Gasteiger partial charge in [0.05, 0.1) is 39.6 Å². The number of carbonyl (C=O) groups excluding carboxylic acids is 1. The van der Waals surface area contributed by atoms with Gasteiger partial charge in [-0.05, 0) is 0 Å². The Kier molecular flexibility index (Phi) is 4.27. The fourth-order valence-electron chi connectivity index (χ4n) is 3.08. The van der Waals surface area contributed by atoms with Gasteiger partial charge >= 0.3 is 5.69 Å². The minimum absolute atomic E-state index is 0.0889. The van der Waals surface area contributed by atoms with Gasteiger partial charge in [-0.15, -0.1) is 0 Å². The molecule has 0 spiro atoms. The molecular weight excluding hydrogens is 312 g/mol. The molecule has 1 aliphatic heterocycles. The van der Waals surface area contributed by atoms with Crippen molar-refractivity contribution in [1.82, 2.24) is 23.6 Å². The number of likely N-dealkylation sites (N-methyl/N-ethyl adjacent to an activating group) is 1. The molecule has 1 fully saturated rings. The van der Waals surface area contributed by atoms with Crippen molar-refractivity contribution < 1.29 is 9.69 Å². The molecule has 2 aromatic rings. The number of amides is 1. The Hall–Kier alpha value is -2.42. The second-order valence-corrected chi connectivity index (χ2v) is 6.40. The lowest BCUT2D eigenvalue weighted by atomic mass is 10.3. The van der Waals surface area contributed by atoms with E-state index in [2.05, 4.69) is 12.0 Å². The molecule has 1 N–H and O–H groups in total. The second-order valence-electron chi connectivity index (χ2n) is 6.40. The molecule has 0 aromatic carbocycles. The van der Waals surface area contributed by atoms with Gasteiger partial charge in [0.15, 0.2) is 11.2 Å². The summed E-state index contributed by atoms with van der Waals surface area (Å²) in [6.45, 7) is 3.84. The molecule has 1 saturated heterocycles. The predicted octanol–water partition coefficient (Wildman–Crippen LogP) is -2.82. The SMILES string of the molecule is Cn1c(=O)c2c(ncn2CCC(=O)N2CC[NH+](C)CC2)n(C)c1=O. The van der Waals surface area contributed by atoms with Crippen LogP contribution >= 0.6 is 0 Å². The summed E-state index contributed by atoms with van der Waals surface area (Å²) >= 11 is 0. The molecule has 130 valence electrons. The first-order valence-corrected chi connectivity index (χ1v) is 8.10. The van der Waals surface area contributed by atoms with Crippen LogP contribution in [0, 0.1) is 0 Å². The number of hydrogen-bond acceptors (Lipinski definition) is 4. The summed E-state index contributed by atoms with van der Waals surface area (Å²) in [5.41, 5.74) is -0.0935. The molecule has 0 unspecified atom stereocenters. The van der Waals surface area contributed by atoms with Crippen molar-refractivity contribution in [3.8, 4) is 0 Å². The highest BCUT2D eigenvalue weighted by Crippen LogP contribution is 2.07. The first-order chi connectivity index (χ1) is 11.4. The molecule has 9 heteroatoms. The molecule has 3 heterocycles. The first-order valence-electron chi connectivity index (χ1n) is 8.10. The maximum absolute atomic E-state index is 12.4. The van der Waals surface area contributed by atoms with E-state index in [1.54, 1.807) is 11.6 Å². The molecule has 3 rings (SSSR count). The Morgan fingerprint density at radius 1 is 1.21 bits per heavy atom. The van der Waals surface area contributed by atoms with Crippen molar-refractivity contribution in [3.05, 3.63) is 27.2 Å². The lowest BCUT2D eigenvalue weighted by Crippen LogP contribution is -3.12. The van der Waals surface area contributed by atoms with E-state index in [-0.39, 0.29) is 11.5 Å². The molecular formula is C15H23N6O3+. The van der Waals surface area contributed by atoms with Crippen molar-refractivity contribution >= 4 is 17.1 Å². The van der Waals surface area contributed by atoms with Crippen LogP contribution in [0.3, 0.4) is 0 Å². The number of rotatable bonds is 3. The lowest BCUT2D eigenvalue weighted by molar-refractivity contribution is -0.883. The Morgan fingerprint density at radius 3 is 2.54 bits per heavy atom. The molecule has 0 saturated carbocycles. The number of fused-ring (bicyclic) bond motifs is 1. The summed E-state index contributed by atoms with van der Waals surface area (Å²) in [5.74, 6) is 0.0889. The number of carbonyl (C=O) groups is 1. The smallest absolute Gasteiger partial charge is 0.332 e. The minimum atomic E-state index is -0.409. The van der Waals surface area contributed by atoms with Crippen LogP contribution in [0.5, 0.6) is 0 Å². The number of nitrogens with zero attached hydrogens (tertiary/aromatic N) is 5. The molecule has 24 heavy (non-hydrogen) atoms. The lowest BCUT2D eigenvalue weighted by Gasteiger charge is -2.30. The van der Waals surface area contributed by atoms with E-state index in [9.17, 15) is 14.4 Å². The maximum Gasteiger partial charge on any atom is 0.332 e. The molecule has 0 aliphatic carbocycles. The van der Waals surface area contributed by atoms with Crippen LogP contribution in [-0.4, -0.2) is 62.7 Å². The fraction of sp³-hybridized carbons (Fsp3) is 0.600. The predicted molar refractivity (Wildman–Crippen MR) is 88.0 cm³/mol. The minimum Gasteiger partial charge on any atom is -0.334 e. The Balaban J connectivity index is 1.80. The van der Waals surface area contributed by atoms with Crippen molar-refractivity contribution in [2.45, 2.75) is 13.0 Å². The molecule has 0 bridgehead atoms. The molecule has 0 atom stereocenters. The Labute approximate surface area is 138 Å². The number of aromatic nitrogens is 4. The zero-order chi connectivity index (χ0) is 17.4. The highest BCUT2D eigenvalue weighted by atomic mass is 16.2. The van der Waals surface area contributed by atoms with Crippen LogP contribution in [0.2, 0.25) is 0 Å². The van der Waals surface area contributed by atoms with E-state index in [1.165, 1.54) is 22.8 Å². The summed E-state index contributed by atoms with van der Waals surface area (Å²) in [4.78, 5) is 44.1. The largest absolute Gasteiger partial charge is 0.334 e. The third-order valence-electron chi connectivity index (χ3n) is 4.75. The molecule has 2 aromatic heterocycles. The van der Waals surface area contributed by atoms with Gasteiger partial charge in [-0.3, -0.25) is 18.7 Å². The van der Waals surface area contributed by atoms with E-state index in [4.69, 9.17) is 0 Å². The summed E-state index contributed by atoms with van der Waals surface area (Å²) in [7, 11) is 5.15. The van der Waals surface area contributed by atoms with Gasteiger partial charge in [0.25, 0.3) is 5.56 Å². The van der Waals surface area contributed by atoms with Gasteiger partial charge in [0, 0.05) is 27.1 Å². The quantitative estimate of drug-likeness (QED) is 0.656. The van der Waals surface area contributed by atoms with Crippen molar-refractivity contribution in [1.29, 1.82) is 0 Å². The van der Waals surface area contributed by atoms with Crippen LogP contribution in [0.25, 0.3) is 11.2 Å². The van der Waals surface area contributed by atoms with Gasteiger partial charge in [-0.2, -0.15) is 0 Å². The topological polar surface area (TPSA) is 86.6 Å². The van der Waals surface area contributed by atoms with Crippen LogP contribution in [-0.2, 0) is 25.4 Å². The molecule has 9 nitrogen and oxygen atoms in total. The number of quaternary nitrogens is 1. The number of aryl methyl sites for hydroxylation is 2. The van der Waals surface area contributed by atoms with Gasteiger partial charge in [-0.25, -0.2) is 9.78 Å². The Bertz CT molecular complexity index is 885. The molecule has 1 aliphatic rings. The zero-order valence-corrected chi connectivity index (χ0v) is 14.3. The summed E-state index contributed by atoms with van der Waals surface area (Å²) in [6.07, 6.45) is 1.84. The van der Waals surface area contributed by atoms with Gasteiger partial charge in [0.1, 0.15) is 0 Å². The number of hydrogen-bond donors (Lipinski definition) is 1. The summed E-state index contributed by atoms with van der Waals surface area (Å²) in [5, 5.41) is 0. The normalized spacial score (nSPS) is 16.0. The highest BCUT2D eigenvalue weighted by Gasteiger charge is 2.21. The standard InChI is InChI=1S/C15H22N6O3/c1-17-6-8-20(9-7-17)11(22)4-5-21-10-16-13-12(21)14(23)19(3)15(24)18(13)2/h10H,4-9H2,1-3H3/p+1. The molecule has 0 radical (unpaired) electrons. The summed E-state index contributed by atoms with van der Waals surface area (Å²) < 4.78 is 4.07. The number of imidazole rings is 1. The van der Waals surface area contributed by atoms with Crippen LogP contribution < -0.4 is 16.1 Å². The van der Waals surface area contributed by atoms with Gasteiger partial charge in [-0.1, -0.05) is 0 Å². The average molecular weight is 335 g/mol. The highest BCUT2D eigenvalue weighted by molar-refractivity contribution is 5.76. The maximum atomic E-state index is 12.4. The monoisotopic (exact) mass is 335 g/mol. The third-order valence-corrected chi connectivity index (χ3v) is 4.75. The van der Waals surface area contributed by atoms with E-state index in [0.717, 1.165) is 30.7 Å². The van der Waals surface area contributed by atoms with Gasteiger partial charge < -0.3 is 14.4 Å².